The van der Waals surface area contributed by atoms with Crippen LogP contribution in [0.1, 0.15) is 57.9 Å². The average molecular weight is 424 g/mol. The molecular formula is C24H29N3O4. The van der Waals surface area contributed by atoms with E-state index in [1.165, 1.54) is 11.0 Å². The van der Waals surface area contributed by atoms with E-state index in [0.717, 1.165) is 25.7 Å². The number of benzene rings is 1. The lowest BCUT2D eigenvalue weighted by molar-refractivity contribution is -0.167. The highest BCUT2D eigenvalue weighted by Gasteiger charge is 2.57. The summed E-state index contributed by atoms with van der Waals surface area (Å²) in [6.45, 7) is 1.58. The first kappa shape index (κ1) is 20.2. The Bertz CT molecular complexity index is 1120. The summed E-state index contributed by atoms with van der Waals surface area (Å²) in [6, 6.07) is 6.18. The van der Waals surface area contributed by atoms with Crippen LogP contribution in [0.15, 0.2) is 35.3 Å². The topological polar surface area (TPSA) is 114 Å². The standard InChI is InChI=1S/C24H29N3O4/c1-14(21(25)29)27-6-5-17-18(22(27)30)3-2-4-19(17)26-20(28)12-23-8-15-7-16(9-23)11-24(31,10-15)13-23/h2-6,14-16,31H,7-13H2,1H3,(H2,25,29)(H,26,28)/t14-,15?,16?,23?,24?/m0/s1. The number of carbonyl (C=O) groups is 2. The van der Waals surface area contributed by atoms with Crippen molar-refractivity contribution in [1.82, 2.24) is 4.57 Å². The second kappa shape index (κ2) is 6.92. The van der Waals surface area contributed by atoms with E-state index in [1.54, 1.807) is 37.4 Å². The lowest BCUT2D eigenvalue weighted by Gasteiger charge is -2.60. The Morgan fingerprint density at radius 3 is 2.55 bits per heavy atom. The summed E-state index contributed by atoms with van der Waals surface area (Å²) < 4.78 is 1.31. The molecule has 4 aliphatic carbocycles. The Morgan fingerprint density at radius 2 is 1.90 bits per heavy atom. The van der Waals surface area contributed by atoms with Gasteiger partial charge in [-0.05, 0) is 80.9 Å². The zero-order chi connectivity index (χ0) is 22.0. The van der Waals surface area contributed by atoms with Gasteiger partial charge in [0.2, 0.25) is 11.8 Å². The van der Waals surface area contributed by atoms with Gasteiger partial charge < -0.3 is 20.7 Å². The molecule has 3 atom stereocenters. The summed E-state index contributed by atoms with van der Waals surface area (Å²) in [4.78, 5) is 37.4. The number of hydrogen-bond donors (Lipinski definition) is 3. The van der Waals surface area contributed by atoms with Gasteiger partial charge in [0.05, 0.1) is 5.60 Å². The maximum atomic E-state index is 13.1. The molecule has 4 bridgehead atoms. The summed E-state index contributed by atoms with van der Waals surface area (Å²) >= 11 is 0. The summed E-state index contributed by atoms with van der Waals surface area (Å²) in [5.41, 5.74) is 4.92. The molecule has 164 valence electrons. The molecule has 2 aromatic rings. The van der Waals surface area contributed by atoms with Gasteiger partial charge in [0.1, 0.15) is 6.04 Å². The number of carbonyl (C=O) groups excluding carboxylic acids is 2. The van der Waals surface area contributed by atoms with Crippen molar-refractivity contribution < 1.29 is 14.7 Å². The summed E-state index contributed by atoms with van der Waals surface area (Å²) in [6.07, 6.45) is 7.64. The molecule has 0 radical (unpaired) electrons. The van der Waals surface area contributed by atoms with Crippen LogP contribution in [0.25, 0.3) is 10.8 Å². The molecule has 6 rings (SSSR count). The third-order valence-electron chi connectivity index (χ3n) is 7.76. The van der Waals surface area contributed by atoms with Crippen LogP contribution >= 0.6 is 0 Å². The molecule has 4 aliphatic rings. The highest BCUT2D eigenvalue weighted by molar-refractivity contribution is 6.02. The normalized spacial score (nSPS) is 32.2. The van der Waals surface area contributed by atoms with Crippen molar-refractivity contribution in [2.45, 2.75) is 63.5 Å². The number of nitrogens with two attached hydrogens (primary N) is 1. The summed E-state index contributed by atoms with van der Waals surface area (Å²) in [5.74, 6) is 0.403. The summed E-state index contributed by atoms with van der Waals surface area (Å²) in [5, 5.41) is 15.0. The molecule has 7 heteroatoms. The van der Waals surface area contributed by atoms with Crippen LogP contribution in [-0.4, -0.2) is 27.1 Å². The van der Waals surface area contributed by atoms with Crippen LogP contribution in [0.5, 0.6) is 0 Å². The number of amides is 2. The van der Waals surface area contributed by atoms with Gasteiger partial charge in [0.25, 0.3) is 5.56 Å². The number of rotatable bonds is 5. The van der Waals surface area contributed by atoms with Gasteiger partial charge >= 0.3 is 0 Å². The van der Waals surface area contributed by atoms with Crippen LogP contribution in [-0.2, 0) is 9.59 Å². The van der Waals surface area contributed by atoms with Gasteiger partial charge in [-0.25, -0.2) is 0 Å². The molecular weight excluding hydrogens is 394 g/mol. The molecule has 2 amide bonds. The molecule has 31 heavy (non-hydrogen) atoms. The number of pyridine rings is 1. The Labute approximate surface area is 180 Å². The molecule has 0 saturated heterocycles. The molecule has 1 aromatic heterocycles. The van der Waals surface area contributed by atoms with E-state index in [4.69, 9.17) is 5.73 Å². The van der Waals surface area contributed by atoms with Crippen LogP contribution in [0, 0.1) is 17.3 Å². The largest absolute Gasteiger partial charge is 0.390 e. The summed E-state index contributed by atoms with van der Waals surface area (Å²) in [7, 11) is 0. The Hall–Kier alpha value is -2.67. The van der Waals surface area contributed by atoms with Gasteiger partial charge in [0, 0.05) is 29.1 Å². The van der Waals surface area contributed by atoms with E-state index in [0.29, 0.717) is 41.1 Å². The second-order valence-corrected chi connectivity index (χ2v) is 10.3. The fourth-order valence-electron chi connectivity index (χ4n) is 6.99. The first-order valence-electron chi connectivity index (χ1n) is 11.1. The van der Waals surface area contributed by atoms with Crippen molar-refractivity contribution in [3.8, 4) is 0 Å². The van der Waals surface area contributed by atoms with E-state index in [2.05, 4.69) is 5.32 Å². The minimum Gasteiger partial charge on any atom is -0.390 e. The van der Waals surface area contributed by atoms with Gasteiger partial charge in [-0.1, -0.05) is 6.07 Å². The number of nitrogens with one attached hydrogen (secondary N) is 1. The number of aromatic nitrogens is 1. The molecule has 7 nitrogen and oxygen atoms in total. The first-order valence-corrected chi connectivity index (χ1v) is 11.1. The smallest absolute Gasteiger partial charge is 0.259 e. The predicted octanol–water partition coefficient (Wildman–Crippen LogP) is 2.71. The number of anilines is 1. The molecule has 0 aliphatic heterocycles. The molecule has 1 heterocycles. The minimum atomic E-state index is -0.753. The van der Waals surface area contributed by atoms with E-state index in [1.807, 2.05) is 0 Å². The van der Waals surface area contributed by atoms with Crippen molar-refractivity contribution >= 4 is 28.3 Å². The molecule has 0 spiro atoms. The number of hydrogen-bond acceptors (Lipinski definition) is 4. The minimum absolute atomic E-state index is 0.0762. The van der Waals surface area contributed by atoms with Crippen LogP contribution in [0.3, 0.4) is 0 Å². The number of fused-ring (bicyclic) bond motifs is 1. The molecule has 4 fully saturated rings. The highest BCUT2D eigenvalue weighted by Crippen LogP contribution is 2.62. The van der Waals surface area contributed by atoms with Crippen LogP contribution < -0.4 is 16.6 Å². The average Bonchev–Trinajstić information content (AvgIpc) is 2.65. The molecule has 4 saturated carbocycles. The fourth-order valence-corrected chi connectivity index (χ4v) is 6.99. The third-order valence-corrected chi connectivity index (χ3v) is 7.76. The number of primary amides is 1. The first-order chi connectivity index (χ1) is 14.7. The van der Waals surface area contributed by atoms with Crippen molar-refractivity contribution in [1.29, 1.82) is 0 Å². The SMILES string of the molecule is C[C@@H](C(N)=O)n1ccc2c(NC(=O)CC34CC5CC(CC(O)(C5)C3)C4)cccc2c1=O. The monoisotopic (exact) mass is 423 g/mol. The third kappa shape index (κ3) is 3.45. The Kier molecular flexibility index (Phi) is 4.52. The van der Waals surface area contributed by atoms with E-state index in [-0.39, 0.29) is 16.9 Å². The van der Waals surface area contributed by atoms with Crippen molar-refractivity contribution in [2.24, 2.45) is 23.0 Å². The highest BCUT2D eigenvalue weighted by atomic mass is 16.3. The zero-order valence-corrected chi connectivity index (χ0v) is 17.8. The van der Waals surface area contributed by atoms with E-state index < -0.39 is 17.6 Å². The van der Waals surface area contributed by atoms with Crippen LogP contribution in [0.2, 0.25) is 0 Å². The Morgan fingerprint density at radius 1 is 1.19 bits per heavy atom. The van der Waals surface area contributed by atoms with Gasteiger partial charge in [0.15, 0.2) is 0 Å². The van der Waals surface area contributed by atoms with E-state index in [9.17, 15) is 19.5 Å². The van der Waals surface area contributed by atoms with Gasteiger partial charge in [-0.3, -0.25) is 14.4 Å². The van der Waals surface area contributed by atoms with E-state index >= 15 is 0 Å². The van der Waals surface area contributed by atoms with Gasteiger partial charge in [-0.2, -0.15) is 0 Å². The maximum Gasteiger partial charge on any atom is 0.259 e. The van der Waals surface area contributed by atoms with Crippen molar-refractivity contribution in [3.05, 3.63) is 40.8 Å². The quantitative estimate of drug-likeness (QED) is 0.686. The zero-order valence-electron chi connectivity index (χ0n) is 17.8. The van der Waals surface area contributed by atoms with Crippen LogP contribution in [0.4, 0.5) is 5.69 Å². The lowest BCUT2D eigenvalue weighted by Crippen LogP contribution is -2.56. The maximum absolute atomic E-state index is 13.1. The molecule has 4 N–H and O–H groups in total. The number of aliphatic hydroxyl groups is 1. The second-order valence-electron chi connectivity index (χ2n) is 10.3. The lowest BCUT2D eigenvalue weighted by atomic mass is 9.47. The molecule has 2 unspecified atom stereocenters. The fraction of sp³-hybridized carbons (Fsp3) is 0.542. The number of nitrogens with zero attached hydrogens (tertiary/aromatic N) is 1. The Balaban J connectivity index is 1.40. The van der Waals surface area contributed by atoms with Crippen molar-refractivity contribution in [2.75, 3.05) is 5.32 Å². The molecule has 1 aromatic carbocycles. The van der Waals surface area contributed by atoms with Crippen molar-refractivity contribution in [3.63, 3.8) is 0 Å². The predicted molar refractivity (Wildman–Crippen MR) is 117 cm³/mol. The van der Waals surface area contributed by atoms with Gasteiger partial charge in [-0.15, -0.1) is 0 Å².